The van der Waals surface area contributed by atoms with E-state index in [-0.39, 0.29) is 23.5 Å². The van der Waals surface area contributed by atoms with E-state index >= 15 is 0 Å². The maximum absolute atomic E-state index is 13.6. The molecule has 0 aromatic carbocycles. The first-order valence-electron chi connectivity index (χ1n) is 13.1. The van der Waals surface area contributed by atoms with Crippen molar-refractivity contribution in [1.29, 1.82) is 0 Å². The fourth-order valence-corrected chi connectivity index (χ4v) is 9.42. The molecule has 174 valence electrons. The molecule has 0 N–H and O–H groups in total. The number of fused-ring (bicyclic) bond motifs is 6. The molecule has 1 heterocycles. The van der Waals surface area contributed by atoms with Crippen LogP contribution in [0, 0.1) is 46.3 Å². The van der Waals surface area contributed by atoms with Gasteiger partial charge < -0.3 is 9.47 Å². The molecule has 1 aliphatic heterocycles. The minimum absolute atomic E-state index is 0.0814. The zero-order valence-corrected chi connectivity index (χ0v) is 20.7. The van der Waals surface area contributed by atoms with Gasteiger partial charge in [-0.05, 0) is 99.2 Å². The Morgan fingerprint density at radius 2 is 1.74 bits per heavy atom. The summed E-state index contributed by atoms with van der Waals surface area (Å²) in [6, 6.07) is 0. The number of allylic oxidation sites excluding steroid dienone is 2. The van der Waals surface area contributed by atoms with Crippen LogP contribution in [0.25, 0.3) is 0 Å². The molecule has 10 atom stereocenters. The van der Waals surface area contributed by atoms with Crippen molar-refractivity contribution in [3.05, 3.63) is 12.2 Å². The molecule has 0 spiro atoms. The summed E-state index contributed by atoms with van der Waals surface area (Å²) in [5, 5.41) is 0. The summed E-state index contributed by atoms with van der Waals surface area (Å²) in [4.78, 5) is 13.6. The van der Waals surface area contributed by atoms with Gasteiger partial charge in [-0.25, -0.2) is 0 Å². The molecule has 31 heavy (non-hydrogen) atoms. The van der Waals surface area contributed by atoms with E-state index in [1.807, 2.05) is 13.8 Å². The zero-order chi connectivity index (χ0) is 22.2. The molecule has 0 aromatic rings. The van der Waals surface area contributed by atoms with Gasteiger partial charge in [-0.2, -0.15) is 0 Å². The molecule has 5 fully saturated rings. The van der Waals surface area contributed by atoms with Gasteiger partial charge in [-0.15, -0.1) is 0 Å². The number of hydrogen-bond donors (Lipinski definition) is 0. The summed E-state index contributed by atoms with van der Waals surface area (Å²) in [6.45, 7) is 13.7. The third-order valence-corrected chi connectivity index (χ3v) is 10.7. The minimum atomic E-state index is -0.506. The van der Waals surface area contributed by atoms with Crippen LogP contribution in [0.4, 0.5) is 0 Å². The third-order valence-electron chi connectivity index (χ3n) is 10.7. The van der Waals surface area contributed by atoms with Crippen LogP contribution in [0.15, 0.2) is 12.2 Å². The molecular weight excluding hydrogens is 384 g/mol. The standard InChI is InChI=1S/C28H44O3/c1-7-8-9-17(2)19-10-11-20-18-14-23(29)22-15-24-25(31-26(3,4)30-24)16-28(22,6)21(18)12-13-27(19,20)5/h8-9,17-22,24-25H,7,10-16H2,1-6H3/b9-8+/t17-,18?,19-,20?,21?,22-,24?,25-,27-,28-/m1/s1. The first kappa shape index (κ1) is 22.1. The van der Waals surface area contributed by atoms with Crippen LogP contribution in [0.3, 0.4) is 0 Å². The van der Waals surface area contributed by atoms with E-state index in [1.54, 1.807) is 0 Å². The number of hydrogen-bond acceptors (Lipinski definition) is 3. The highest BCUT2D eigenvalue weighted by molar-refractivity contribution is 5.83. The zero-order valence-electron chi connectivity index (χ0n) is 20.7. The van der Waals surface area contributed by atoms with E-state index in [9.17, 15) is 4.79 Å². The fraction of sp³-hybridized carbons (Fsp3) is 0.893. The van der Waals surface area contributed by atoms with Crippen molar-refractivity contribution >= 4 is 5.78 Å². The van der Waals surface area contributed by atoms with Crippen LogP contribution in [0.1, 0.15) is 92.9 Å². The molecular formula is C28H44O3. The summed E-state index contributed by atoms with van der Waals surface area (Å²) in [5.41, 5.74) is 0.479. The van der Waals surface area contributed by atoms with Crippen LogP contribution in [0.2, 0.25) is 0 Å². The Labute approximate surface area is 189 Å². The van der Waals surface area contributed by atoms with Crippen LogP contribution in [-0.2, 0) is 14.3 Å². The summed E-state index contributed by atoms with van der Waals surface area (Å²) in [6.07, 6.45) is 14.2. The quantitative estimate of drug-likeness (QED) is 0.478. The van der Waals surface area contributed by atoms with Crippen molar-refractivity contribution < 1.29 is 14.3 Å². The van der Waals surface area contributed by atoms with Gasteiger partial charge in [-0.1, -0.05) is 39.8 Å². The normalized spacial score (nSPS) is 51.8. The summed E-state index contributed by atoms with van der Waals surface area (Å²) in [7, 11) is 0. The molecule has 4 saturated carbocycles. The van der Waals surface area contributed by atoms with Crippen LogP contribution in [0.5, 0.6) is 0 Å². The molecule has 0 amide bonds. The second-order valence-corrected chi connectivity index (χ2v) is 12.7. The van der Waals surface area contributed by atoms with Gasteiger partial charge in [0.1, 0.15) is 5.78 Å². The molecule has 5 aliphatic rings. The van der Waals surface area contributed by atoms with E-state index in [1.165, 1.54) is 25.7 Å². The smallest absolute Gasteiger partial charge is 0.163 e. The Bertz CT molecular complexity index is 755. The number of ether oxygens (including phenoxy) is 2. The van der Waals surface area contributed by atoms with Crippen molar-refractivity contribution in [3.8, 4) is 0 Å². The molecule has 0 bridgehead atoms. The number of ketones is 1. The highest BCUT2D eigenvalue weighted by Crippen LogP contribution is 2.68. The van der Waals surface area contributed by atoms with E-state index in [2.05, 4.69) is 39.8 Å². The van der Waals surface area contributed by atoms with Gasteiger partial charge in [0.05, 0.1) is 12.2 Å². The predicted octanol–water partition coefficient (Wildman–Crippen LogP) is 6.56. The lowest BCUT2D eigenvalue weighted by Crippen LogP contribution is -2.59. The van der Waals surface area contributed by atoms with Crippen molar-refractivity contribution in [2.24, 2.45) is 46.3 Å². The molecule has 3 heteroatoms. The number of Topliss-reactive ketones (excluding diaryl/α,β-unsaturated/α-hetero) is 1. The van der Waals surface area contributed by atoms with E-state index < -0.39 is 5.79 Å². The van der Waals surface area contributed by atoms with Gasteiger partial charge in [-0.3, -0.25) is 4.79 Å². The van der Waals surface area contributed by atoms with Crippen LogP contribution < -0.4 is 0 Å². The second-order valence-electron chi connectivity index (χ2n) is 12.7. The van der Waals surface area contributed by atoms with E-state index in [0.717, 1.165) is 31.6 Å². The Balaban J connectivity index is 1.41. The number of carbonyl (C=O) groups is 1. The summed E-state index contributed by atoms with van der Waals surface area (Å²) < 4.78 is 12.5. The molecule has 4 unspecified atom stereocenters. The maximum Gasteiger partial charge on any atom is 0.163 e. The lowest BCUT2D eigenvalue weighted by molar-refractivity contribution is -0.163. The molecule has 5 rings (SSSR count). The monoisotopic (exact) mass is 428 g/mol. The van der Waals surface area contributed by atoms with Gasteiger partial charge in [0.2, 0.25) is 0 Å². The van der Waals surface area contributed by atoms with Crippen molar-refractivity contribution in [2.45, 2.75) is 111 Å². The topological polar surface area (TPSA) is 35.5 Å². The second kappa shape index (κ2) is 7.42. The maximum atomic E-state index is 13.6. The Hall–Kier alpha value is -0.670. The average Bonchev–Trinajstić information content (AvgIpc) is 3.19. The van der Waals surface area contributed by atoms with Gasteiger partial charge in [0, 0.05) is 12.3 Å². The van der Waals surface area contributed by atoms with Crippen molar-refractivity contribution in [1.82, 2.24) is 0 Å². The average molecular weight is 429 g/mol. The highest BCUT2D eigenvalue weighted by atomic mass is 16.7. The Morgan fingerprint density at radius 3 is 2.48 bits per heavy atom. The lowest BCUT2D eigenvalue weighted by atomic mass is 9.44. The largest absolute Gasteiger partial charge is 0.345 e. The van der Waals surface area contributed by atoms with Gasteiger partial charge in [0.25, 0.3) is 0 Å². The van der Waals surface area contributed by atoms with Gasteiger partial charge in [0.15, 0.2) is 5.79 Å². The highest BCUT2D eigenvalue weighted by Gasteiger charge is 2.64. The molecule has 3 nitrogen and oxygen atoms in total. The molecule has 1 saturated heterocycles. The molecule has 0 aromatic heterocycles. The lowest BCUT2D eigenvalue weighted by Gasteiger charge is -2.60. The Kier molecular flexibility index (Phi) is 5.30. The molecule has 4 aliphatic carbocycles. The van der Waals surface area contributed by atoms with E-state index in [0.29, 0.717) is 34.9 Å². The van der Waals surface area contributed by atoms with E-state index in [4.69, 9.17) is 9.47 Å². The van der Waals surface area contributed by atoms with Crippen LogP contribution >= 0.6 is 0 Å². The minimum Gasteiger partial charge on any atom is -0.345 e. The third kappa shape index (κ3) is 3.31. The number of rotatable bonds is 3. The SMILES string of the molecule is CC/C=C/[C@@H](C)[C@H]1CCC2C3CC(=O)[C@H]4CC5OC(C)(C)O[C@@H]5C[C@]4(C)C3CC[C@@]21C. The Morgan fingerprint density at radius 1 is 1.03 bits per heavy atom. The summed E-state index contributed by atoms with van der Waals surface area (Å²) >= 11 is 0. The predicted molar refractivity (Wildman–Crippen MR) is 123 cm³/mol. The van der Waals surface area contributed by atoms with Crippen molar-refractivity contribution in [2.75, 3.05) is 0 Å². The molecule has 0 radical (unpaired) electrons. The van der Waals surface area contributed by atoms with Crippen LogP contribution in [-0.4, -0.2) is 23.8 Å². The fourth-order valence-electron chi connectivity index (χ4n) is 9.42. The van der Waals surface area contributed by atoms with Gasteiger partial charge >= 0.3 is 0 Å². The first-order chi connectivity index (χ1) is 14.6. The van der Waals surface area contributed by atoms with Crippen molar-refractivity contribution in [3.63, 3.8) is 0 Å². The first-order valence-corrected chi connectivity index (χ1v) is 13.1. The summed E-state index contributed by atoms with van der Waals surface area (Å²) in [5.74, 6) is 3.57. The number of carbonyl (C=O) groups excluding carboxylic acids is 1.